The summed E-state index contributed by atoms with van der Waals surface area (Å²) in [5.41, 5.74) is -0.740. The van der Waals surface area contributed by atoms with Gasteiger partial charge in [-0.05, 0) is 6.07 Å². The molecule has 0 amide bonds. The van der Waals surface area contributed by atoms with Crippen molar-refractivity contribution in [2.75, 3.05) is 12.9 Å². The number of rotatable bonds is 2. The van der Waals surface area contributed by atoms with E-state index in [4.69, 9.17) is 39.5 Å². The molecular weight excluding hydrogens is 403 g/mol. The maximum Gasteiger partial charge on any atom is 0.336 e. The summed E-state index contributed by atoms with van der Waals surface area (Å²) >= 11 is 18.0. The summed E-state index contributed by atoms with van der Waals surface area (Å²) in [6.07, 6.45) is 0. The number of hydrogen-bond acceptors (Lipinski definition) is 5. The van der Waals surface area contributed by atoms with Crippen LogP contribution in [0.2, 0.25) is 10.0 Å². The first-order chi connectivity index (χ1) is 11.2. The molecule has 7 nitrogen and oxygen atoms in total. The van der Waals surface area contributed by atoms with E-state index in [-0.39, 0.29) is 39.5 Å². The van der Waals surface area contributed by atoms with Crippen LogP contribution in [0.3, 0.4) is 0 Å². The SMILES string of the molecule is COc1cc(-n2c(O)c3n(c2=O)CCS(=O)(=O)C3Cl)c(Cl)cc1Cl. The van der Waals surface area contributed by atoms with Crippen LogP contribution in [0.15, 0.2) is 16.9 Å². The van der Waals surface area contributed by atoms with Crippen molar-refractivity contribution in [1.82, 2.24) is 9.13 Å². The summed E-state index contributed by atoms with van der Waals surface area (Å²) in [5.74, 6) is -0.647. The molecule has 1 N–H and O–H groups in total. The number of sulfone groups is 1. The lowest BCUT2D eigenvalue weighted by Gasteiger charge is -2.18. The lowest BCUT2D eigenvalue weighted by molar-refractivity contribution is 0.413. The Morgan fingerprint density at radius 3 is 2.58 bits per heavy atom. The molecule has 11 heteroatoms. The number of hydrogen-bond donors (Lipinski definition) is 1. The van der Waals surface area contributed by atoms with E-state index in [1.54, 1.807) is 0 Å². The summed E-state index contributed by atoms with van der Waals surface area (Å²) < 4.78 is 29.4. The van der Waals surface area contributed by atoms with Gasteiger partial charge in [-0.15, -0.1) is 0 Å². The van der Waals surface area contributed by atoms with Crippen LogP contribution in [-0.4, -0.2) is 35.5 Å². The molecule has 1 atom stereocenters. The van der Waals surface area contributed by atoms with E-state index in [1.807, 2.05) is 0 Å². The van der Waals surface area contributed by atoms with Crippen molar-refractivity contribution in [2.45, 2.75) is 11.3 Å². The van der Waals surface area contributed by atoms with E-state index in [0.29, 0.717) is 0 Å². The second kappa shape index (κ2) is 5.87. The number of methoxy groups -OCH3 is 1. The van der Waals surface area contributed by atoms with Crippen LogP contribution in [0.4, 0.5) is 0 Å². The maximum absolute atomic E-state index is 12.6. The highest BCUT2D eigenvalue weighted by atomic mass is 35.5. The van der Waals surface area contributed by atoms with E-state index < -0.39 is 26.1 Å². The van der Waals surface area contributed by atoms with Crippen molar-refractivity contribution in [3.05, 3.63) is 38.4 Å². The normalized spacial score (nSPS) is 19.1. The minimum atomic E-state index is -3.66. The van der Waals surface area contributed by atoms with Gasteiger partial charge in [0.2, 0.25) is 5.88 Å². The van der Waals surface area contributed by atoms with Gasteiger partial charge in [0.1, 0.15) is 11.4 Å². The largest absolute Gasteiger partial charge is 0.495 e. The molecule has 0 spiro atoms. The van der Waals surface area contributed by atoms with Gasteiger partial charge < -0.3 is 9.84 Å². The first-order valence-electron chi connectivity index (χ1n) is 6.62. The summed E-state index contributed by atoms with van der Waals surface area (Å²) in [6.45, 7) is -0.109. The Morgan fingerprint density at radius 1 is 1.29 bits per heavy atom. The Hall–Kier alpha value is -1.35. The minimum Gasteiger partial charge on any atom is -0.495 e. The maximum atomic E-state index is 12.6. The smallest absolute Gasteiger partial charge is 0.336 e. The Morgan fingerprint density at radius 2 is 1.96 bits per heavy atom. The number of benzene rings is 1. The number of ether oxygens (including phenoxy) is 1. The van der Waals surface area contributed by atoms with Crippen molar-refractivity contribution < 1.29 is 18.3 Å². The number of nitrogens with zero attached hydrogens (tertiary/aromatic N) is 2. The van der Waals surface area contributed by atoms with E-state index in [0.717, 1.165) is 9.13 Å². The van der Waals surface area contributed by atoms with Gasteiger partial charge in [0.05, 0.1) is 28.6 Å². The summed E-state index contributed by atoms with van der Waals surface area (Å²) in [5, 5.41) is 10.7. The molecule has 1 aromatic carbocycles. The lowest BCUT2D eigenvalue weighted by Crippen LogP contribution is -2.32. The molecule has 1 aliphatic heterocycles. The van der Waals surface area contributed by atoms with Crippen LogP contribution in [0.25, 0.3) is 5.69 Å². The van der Waals surface area contributed by atoms with Gasteiger partial charge in [-0.2, -0.15) is 0 Å². The molecule has 1 aromatic heterocycles. The Bertz CT molecular complexity index is 996. The van der Waals surface area contributed by atoms with Crippen LogP contribution in [-0.2, 0) is 16.4 Å². The predicted octanol–water partition coefficient (Wildman–Crippen LogP) is 2.33. The Kier molecular flexibility index (Phi) is 4.28. The average molecular weight is 414 g/mol. The molecule has 3 rings (SSSR count). The van der Waals surface area contributed by atoms with Gasteiger partial charge in [-0.25, -0.2) is 17.8 Å². The van der Waals surface area contributed by atoms with Crippen LogP contribution >= 0.6 is 34.8 Å². The number of fused-ring (bicyclic) bond motifs is 1. The van der Waals surface area contributed by atoms with E-state index in [9.17, 15) is 18.3 Å². The number of halogens is 3. The molecule has 2 aromatic rings. The van der Waals surface area contributed by atoms with Crippen LogP contribution in [0.1, 0.15) is 10.4 Å². The Labute approximate surface area is 151 Å². The molecule has 0 bridgehead atoms. The molecule has 0 aliphatic carbocycles. The van der Waals surface area contributed by atoms with Gasteiger partial charge >= 0.3 is 5.69 Å². The van der Waals surface area contributed by atoms with Gasteiger partial charge in [-0.3, -0.25) is 4.57 Å². The molecule has 0 saturated carbocycles. The van der Waals surface area contributed by atoms with Crippen LogP contribution < -0.4 is 10.4 Å². The van der Waals surface area contributed by atoms with Gasteiger partial charge in [-0.1, -0.05) is 34.8 Å². The van der Waals surface area contributed by atoms with E-state index in [2.05, 4.69) is 0 Å². The van der Waals surface area contributed by atoms with Gasteiger partial charge in [0, 0.05) is 12.6 Å². The highest BCUT2D eigenvalue weighted by Crippen LogP contribution is 2.40. The fourth-order valence-electron chi connectivity index (χ4n) is 2.55. The first-order valence-corrected chi connectivity index (χ1v) is 9.53. The zero-order valence-corrected chi connectivity index (χ0v) is 15.2. The quantitative estimate of drug-likeness (QED) is 0.763. The third-order valence-corrected chi connectivity index (χ3v) is 6.97. The summed E-state index contributed by atoms with van der Waals surface area (Å²) in [4.78, 5) is 12.6. The molecular formula is C13H11Cl3N2O5S. The zero-order chi connectivity index (χ0) is 17.8. The second-order valence-electron chi connectivity index (χ2n) is 5.10. The number of imidazole rings is 1. The van der Waals surface area contributed by atoms with Crippen molar-refractivity contribution in [1.29, 1.82) is 0 Å². The first kappa shape index (κ1) is 17.5. The average Bonchev–Trinajstić information content (AvgIpc) is 2.75. The van der Waals surface area contributed by atoms with Crippen LogP contribution in [0, 0.1) is 0 Å². The number of aromatic nitrogens is 2. The highest BCUT2D eigenvalue weighted by Gasteiger charge is 2.38. The molecule has 0 saturated heterocycles. The standard InChI is InChI=1S/C13H11Cl3N2O5S/c1-23-9-5-8(6(14)4-7(9)15)18-12(19)10-11(16)24(21,22)3-2-17(10)13(18)20/h4-5,11,19H,2-3H2,1H3. The lowest BCUT2D eigenvalue weighted by atomic mass is 10.3. The molecule has 24 heavy (non-hydrogen) atoms. The molecule has 0 radical (unpaired) electrons. The second-order valence-corrected chi connectivity index (χ2v) is 8.81. The molecule has 0 fully saturated rings. The van der Waals surface area contributed by atoms with E-state index >= 15 is 0 Å². The third kappa shape index (κ3) is 2.48. The molecule has 130 valence electrons. The number of alkyl halides is 1. The Balaban J connectivity index is 2.32. The summed E-state index contributed by atoms with van der Waals surface area (Å²) in [7, 11) is -2.28. The monoisotopic (exact) mass is 412 g/mol. The van der Waals surface area contributed by atoms with Gasteiger partial charge in [0.25, 0.3) is 0 Å². The topological polar surface area (TPSA) is 90.5 Å². The zero-order valence-electron chi connectivity index (χ0n) is 12.2. The van der Waals surface area contributed by atoms with Crippen molar-refractivity contribution in [3.63, 3.8) is 0 Å². The molecule has 2 heterocycles. The predicted molar refractivity (Wildman–Crippen MR) is 90.6 cm³/mol. The molecule has 1 unspecified atom stereocenters. The third-order valence-electron chi connectivity index (χ3n) is 3.75. The van der Waals surface area contributed by atoms with Crippen molar-refractivity contribution in [2.24, 2.45) is 0 Å². The fraction of sp³-hybridized carbons (Fsp3) is 0.308. The van der Waals surface area contributed by atoms with Gasteiger partial charge in [0.15, 0.2) is 14.5 Å². The molecule has 1 aliphatic rings. The van der Waals surface area contributed by atoms with E-state index in [1.165, 1.54) is 19.2 Å². The minimum absolute atomic E-state index is 0.0788. The highest BCUT2D eigenvalue weighted by molar-refractivity contribution is 7.92. The van der Waals surface area contributed by atoms with Crippen molar-refractivity contribution in [3.8, 4) is 17.3 Å². The van der Waals surface area contributed by atoms with Crippen LogP contribution in [0.5, 0.6) is 11.6 Å². The fourth-order valence-corrected chi connectivity index (χ4v) is 4.79. The van der Waals surface area contributed by atoms with Crippen molar-refractivity contribution >= 4 is 44.6 Å². The summed E-state index contributed by atoms with van der Waals surface area (Å²) in [6, 6.07) is 2.73. The number of aromatic hydroxyl groups is 1.